The number of ether oxygens (including phenoxy) is 3. The lowest BCUT2D eigenvalue weighted by Crippen LogP contribution is -2.28. The molecule has 0 saturated heterocycles. The Bertz CT molecular complexity index is 1110. The Hall–Kier alpha value is -3.88. The van der Waals surface area contributed by atoms with Crippen LogP contribution in [0.15, 0.2) is 47.3 Å². The SMILES string of the molecule is COc1cc(-c2nnc(CCC(=O)NC(C)c3ccccc3)c(=O)[nH]2)cc(OC)c1OC. The number of aromatic amines is 1. The molecule has 1 unspecified atom stereocenters. The molecule has 0 aliphatic carbocycles. The van der Waals surface area contributed by atoms with Gasteiger partial charge in [-0.15, -0.1) is 10.2 Å². The Labute approximate surface area is 185 Å². The highest BCUT2D eigenvalue weighted by atomic mass is 16.5. The number of methoxy groups -OCH3 is 3. The van der Waals surface area contributed by atoms with Crippen LogP contribution in [0, 0.1) is 0 Å². The molecule has 2 N–H and O–H groups in total. The topological polar surface area (TPSA) is 115 Å². The minimum absolute atomic E-state index is 0.123. The van der Waals surface area contributed by atoms with Crippen LogP contribution in [0.4, 0.5) is 0 Å². The molecule has 0 spiro atoms. The van der Waals surface area contributed by atoms with E-state index in [0.717, 1.165) is 5.56 Å². The summed E-state index contributed by atoms with van der Waals surface area (Å²) >= 11 is 0. The third-order valence-electron chi connectivity index (χ3n) is 4.97. The van der Waals surface area contributed by atoms with Gasteiger partial charge in [0, 0.05) is 18.4 Å². The Balaban J connectivity index is 1.70. The van der Waals surface area contributed by atoms with Crippen LogP contribution in [-0.4, -0.2) is 42.4 Å². The van der Waals surface area contributed by atoms with Gasteiger partial charge in [0.1, 0.15) is 5.69 Å². The van der Waals surface area contributed by atoms with Gasteiger partial charge in [-0.1, -0.05) is 30.3 Å². The van der Waals surface area contributed by atoms with E-state index in [9.17, 15) is 9.59 Å². The molecule has 0 fully saturated rings. The van der Waals surface area contributed by atoms with Gasteiger partial charge in [0.2, 0.25) is 11.7 Å². The molecular formula is C23H26N4O5. The maximum atomic E-state index is 12.5. The fourth-order valence-electron chi connectivity index (χ4n) is 3.24. The number of nitrogens with one attached hydrogen (secondary N) is 2. The first-order valence-corrected chi connectivity index (χ1v) is 10.1. The number of amides is 1. The summed E-state index contributed by atoms with van der Waals surface area (Å²) in [6.45, 7) is 1.91. The van der Waals surface area contributed by atoms with E-state index in [1.807, 2.05) is 37.3 Å². The normalized spacial score (nSPS) is 11.5. The average Bonchev–Trinajstić information content (AvgIpc) is 2.82. The number of carbonyl (C=O) groups excluding carboxylic acids is 1. The highest BCUT2D eigenvalue weighted by Gasteiger charge is 2.17. The maximum absolute atomic E-state index is 12.5. The average molecular weight is 438 g/mol. The molecule has 1 atom stereocenters. The number of carbonyl (C=O) groups is 1. The van der Waals surface area contributed by atoms with E-state index >= 15 is 0 Å². The third kappa shape index (κ3) is 5.23. The van der Waals surface area contributed by atoms with Gasteiger partial charge in [-0.25, -0.2) is 0 Å². The van der Waals surface area contributed by atoms with E-state index in [1.54, 1.807) is 12.1 Å². The summed E-state index contributed by atoms with van der Waals surface area (Å²) < 4.78 is 16.0. The second-order valence-corrected chi connectivity index (χ2v) is 7.06. The van der Waals surface area contributed by atoms with Gasteiger partial charge >= 0.3 is 0 Å². The number of H-pyrrole nitrogens is 1. The number of aromatic nitrogens is 3. The summed E-state index contributed by atoms with van der Waals surface area (Å²) in [6.07, 6.45) is 0.295. The van der Waals surface area contributed by atoms with Gasteiger partial charge in [-0.2, -0.15) is 0 Å². The zero-order valence-electron chi connectivity index (χ0n) is 18.5. The van der Waals surface area contributed by atoms with Gasteiger partial charge in [0.15, 0.2) is 17.3 Å². The highest BCUT2D eigenvalue weighted by Crippen LogP contribution is 2.40. The Morgan fingerprint density at radius 2 is 1.69 bits per heavy atom. The minimum atomic E-state index is -0.410. The lowest BCUT2D eigenvalue weighted by Gasteiger charge is -2.14. The maximum Gasteiger partial charge on any atom is 0.273 e. The number of hydrogen-bond donors (Lipinski definition) is 2. The molecule has 1 aromatic heterocycles. The van der Waals surface area contributed by atoms with Crippen molar-refractivity contribution in [1.29, 1.82) is 0 Å². The van der Waals surface area contributed by atoms with Crippen LogP contribution >= 0.6 is 0 Å². The summed E-state index contributed by atoms with van der Waals surface area (Å²) in [5.41, 5.74) is 1.33. The lowest BCUT2D eigenvalue weighted by atomic mass is 10.1. The van der Waals surface area contributed by atoms with Crippen LogP contribution in [0.25, 0.3) is 11.4 Å². The third-order valence-corrected chi connectivity index (χ3v) is 4.97. The monoisotopic (exact) mass is 438 g/mol. The molecular weight excluding hydrogens is 412 g/mol. The number of aryl methyl sites for hydroxylation is 1. The van der Waals surface area contributed by atoms with E-state index in [0.29, 0.717) is 22.8 Å². The van der Waals surface area contributed by atoms with Crippen molar-refractivity contribution in [3.63, 3.8) is 0 Å². The Kier molecular flexibility index (Phi) is 7.43. The number of benzene rings is 2. The molecule has 32 heavy (non-hydrogen) atoms. The van der Waals surface area contributed by atoms with E-state index in [1.165, 1.54) is 21.3 Å². The number of nitrogens with zero attached hydrogens (tertiary/aromatic N) is 2. The molecule has 0 aliphatic heterocycles. The van der Waals surface area contributed by atoms with Crippen molar-refractivity contribution in [3.05, 3.63) is 64.1 Å². The van der Waals surface area contributed by atoms with Gasteiger partial charge in [-0.3, -0.25) is 9.59 Å². The van der Waals surface area contributed by atoms with Crippen molar-refractivity contribution in [2.24, 2.45) is 0 Å². The van der Waals surface area contributed by atoms with Crippen molar-refractivity contribution >= 4 is 5.91 Å². The molecule has 168 valence electrons. The fraction of sp³-hybridized carbons (Fsp3) is 0.304. The van der Waals surface area contributed by atoms with Crippen molar-refractivity contribution in [1.82, 2.24) is 20.5 Å². The van der Waals surface area contributed by atoms with Crippen LogP contribution in [0.1, 0.15) is 30.6 Å². The summed E-state index contributed by atoms with van der Waals surface area (Å²) in [7, 11) is 4.51. The molecule has 9 heteroatoms. The largest absolute Gasteiger partial charge is 0.493 e. The van der Waals surface area contributed by atoms with Gasteiger partial charge in [0.25, 0.3) is 5.56 Å². The molecule has 0 bridgehead atoms. The predicted octanol–water partition coefficient (Wildman–Crippen LogP) is 2.67. The first-order chi connectivity index (χ1) is 15.5. The van der Waals surface area contributed by atoms with E-state index < -0.39 is 5.56 Å². The second-order valence-electron chi connectivity index (χ2n) is 7.06. The summed E-state index contributed by atoms with van der Waals surface area (Å²) in [4.78, 5) is 27.5. The van der Waals surface area contributed by atoms with Crippen LogP contribution < -0.4 is 25.1 Å². The lowest BCUT2D eigenvalue weighted by molar-refractivity contribution is -0.121. The highest BCUT2D eigenvalue weighted by molar-refractivity contribution is 5.76. The fourth-order valence-corrected chi connectivity index (χ4v) is 3.24. The molecule has 0 radical (unpaired) electrons. The van der Waals surface area contributed by atoms with E-state index in [4.69, 9.17) is 14.2 Å². The Morgan fingerprint density at radius 1 is 1.03 bits per heavy atom. The molecule has 1 amide bonds. The van der Waals surface area contributed by atoms with Crippen LogP contribution in [-0.2, 0) is 11.2 Å². The first kappa shape index (κ1) is 22.8. The minimum Gasteiger partial charge on any atom is -0.493 e. The number of hydrogen-bond acceptors (Lipinski definition) is 7. The molecule has 0 saturated carbocycles. The molecule has 3 rings (SSSR count). The van der Waals surface area contributed by atoms with E-state index in [2.05, 4.69) is 20.5 Å². The van der Waals surface area contributed by atoms with Crippen LogP contribution in [0.2, 0.25) is 0 Å². The first-order valence-electron chi connectivity index (χ1n) is 10.1. The zero-order valence-corrected chi connectivity index (χ0v) is 18.5. The van der Waals surface area contributed by atoms with Gasteiger partial charge in [0.05, 0.1) is 27.4 Å². The van der Waals surface area contributed by atoms with Gasteiger partial charge in [-0.05, 0) is 24.6 Å². The summed E-state index contributed by atoms with van der Waals surface area (Å²) in [5.74, 6) is 1.37. The number of rotatable bonds is 9. The van der Waals surface area contributed by atoms with Crippen molar-refractivity contribution < 1.29 is 19.0 Å². The summed E-state index contributed by atoms with van der Waals surface area (Å²) in [5, 5.41) is 11.1. The standard InChI is InChI=1S/C23H26N4O5/c1-14(15-8-6-5-7-9-15)24-20(28)11-10-17-23(29)25-22(27-26-17)16-12-18(30-2)21(32-4)19(13-16)31-3/h5-9,12-14H,10-11H2,1-4H3,(H,24,28)(H,25,27,29). The predicted molar refractivity (Wildman–Crippen MR) is 119 cm³/mol. The molecule has 1 heterocycles. The molecule has 2 aromatic carbocycles. The smallest absolute Gasteiger partial charge is 0.273 e. The Morgan fingerprint density at radius 3 is 2.25 bits per heavy atom. The van der Waals surface area contributed by atoms with E-state index in [-0.39, 0.29) is 36.3 Å². The molecule has 0 aliphatic rings. The molecule has 9 nitrogen and oxygen atoms in total. The van der Waals surface area contributed by atoms with Crippen molar-refractivity contribution in [2.75, 3.05) is 21.3 Å². The van der Waals surface area contributed by atoms with Crippen LogP contribution in [0.3, 0.4) is 0 Å². The zero-order chi connectivity index (χ0) is 23.1. The van der Waals surface area contributed by atoms with Crippen molar-refractivity contribution in [3.8, 4) is 28.6 Å². The van der Waals surface area contributed by atoms with Crippen LogP contribution in [0.5, 0.6) is 17.2 Å². The summed E-state index contributed by atoms with van der Waals surface area (Å²) in [6, 6.07) is 12.9. The second kappa shape index (κ2) is 10.4. The van der Waals surface area contributed by atoms with Gasteiger partial charge < -0.3 is 24.5 Å². The molecule has 3 aromatic rings. The quantitative estimate of drug-likeness (QED) is 0.528. The van der Waals surface area contributed by atoms with Crippen molar-refractivity contribution in [2.45, 2.75) is 25.8 Å².